The van der Waals surface area contributed by atoms with E-state index < -0.39 is 0 Å². The highest BCUT2D eigenvalue weighted by Crippen LogP contribution is 2.18. The van der Waals surface area contributed by atoms with E-state index in [9.17, 15) is 0 Å². The Hall–Kier alpha value is -0.950. The maximum atomic E-state index is 8.39. The molecule has 0 amide bonds. The summed E-state index contributed by atoms with van der Waals surface area (Å²) in [6, 6.07) is 2.49. The highest BCUT2D eigenvalue weighted by Gasteiger charge is 2.04. The summed E-state index contributed by atoms with van der Waals surface area (Å²) in [5.41, 5.74) is 0. The number of rotatable bonds is 3. The van der Waals surface area contributed by atoms with Gasteiger partial charge in [-0.05, 0) is 13.8 Å². The lowest BCUT2D eigenvalue weighted by Gasteiger charge is -2.08. The molecule has 0 saturated carbocycles. The van der Waals surface area contributed by atoms with Crippen LogP contribution in [0, 0.1) is 11.3 Å². The lowest BCUT2D eigenvalue weighted by Crippen LogP contribution is -2.00. The van der Waals surface area contributed by atoms with Gasteiger partial charge in [-0.15, -0.1) is 0 Å². The standard InChI is InChI=1S/C8H11N3S/c1-7(2)11-5-4-10-8(11)12-6-3-9/h4-5,7H,6H2,1-2H3. The van der Waals surface area contributed by atoms with Crippen LogP contribution in [0.2, 0.25) is 0 Å². The van der Waals surface area contributed by atoms with E-state index in [1.165, 1.54) is 11.8 Å². The molecule has 0 spiro atoms. The third-order valence-electron chi connectivity index (χ3n) is 1.46. The van der Waals surface area contributed by atoms with Crippen molar-refractivity contribution in [2.75, 3.05) is 5.75 Å². The van der Waals surface area contributed by atoms with Crippen molar-refractivity contribution < 1.29 is 0 Å². The molecular weight excluding hydrogens is 170 g/mol. The van der Waals surface area contributed by atoms with E-state index in [0.717, 1.165) is 5.16 Å². The molecule has 0 N–H and O–H groups in total. The number of hydrogen-bond acceptors (Lipinski definition) is 3. The fourth-order valence-corrected chi connectivity index (χ4v) is 1.65. The first-order valence-electron chi connectivity index (χ1n) is 3.78. The van der Waals surface area contributed by atoms with Crippen LogP contribution in [0.4, 0.5) is 0 Å². The van der Waals surface area contributed by atoms with Crippen LogP contribution in [0.25, 0.3) is 0 Å². The zero-order valence-electron chi connectivity index (χ0n) is 7.19. The van der Waals surface area contributed by atoms with Crippen molar-refractivity contribution in [1.82, 2.24) is 9.55 Å². The van der Waals surface area contributed by atoms with Gasteiger partial charge in [0.1, 0.15) is 0 Å². The van der Waals surface area contributed by atoms with E-state index >= 15 is 0 Å². The molecule has 0 fully saturated rings. The number of thioether (sulfide) groups is 1. The molecular formula is C8H11N3S. The van der Waals surface area contributed by atoms with Crippen molar-refractivity contribution in [3.63, 3.8) is 0 Å². The third-order valence-corrected chi connectivity index (χ3v) is 2.30. The van der Waals surface area contributed by atoms with Gasteiger partial charge >= 0.3 is 0 Å². The summed E-state index contributed by atoms with van der Waals surface area (Å²) in [6.07, 6.45) is 3.70. The lowest BCUT2D eigenvalue weighted by atomic mass is 10.4. The molecule has 0 bridgehead atoms. The van der Waals surface area contributed by atoms with Crippen LogP contribution >= 0.6 is 11.8 Å². The largest absolute Gasteiger partial charge is 0.324 e. The van der Waals surface area contributed by atoms with Gasteiger partial charge in [0.15, 0.2) is 5.16 Å². The zero-order valence-corrected chi connectivity index (χ0v) is 8.01. The number of nitrogens with zero attached hydrogens (tertiary/aromatic N) is 3. The monoisotopic (exact) mass is 181 g/mol. The van der Waals surface area contributed by atoms with Crippen LogP contribution in [0.5, 0.6) is 0 Å². The lowest BCUT2D eigenvalue weighted by molar-refractivity contribution is 0.550. The van der Waals surface area contributed by atoms with Crippen LogP contribution < -0.4 is 0 Å². The van der Waals surface area contributed by atoms with Gasteiger partial charge in [0.2, 0.25) is 0 Å². The molecule has 0 radical (unpaired) electrons. The molecule has 4 heteroatoms. The van der Waals surface area contributed by atoms with E-state index in [0.29, 0.717) is 11.8 Å². The van der Waals surface area contributed by atoms with Gasteiger partial charge in [0.25, 0.3) is 0 Å². The molecule has 0 aliphatic heterocycles. The van der Waals surface area contributed by atoms with E-state index in [1.54, 1.807) is 6.20 Å². The van der Waals surface area contributed by atoms with E-state index in [-0.39, 0.29) is 0 Å². The Morgan fingerprint density at radius 2 is 2.50 bits per heavy atom. The van der Waals surface area contributed by atoms with Crippen LogP contribution in [0.1, 0.15) is 19.9 Å². The first-order valence-corrected chi connectivity index (χ1v) is 4.77. The van der Waals surface area contributed by atoms with Crippen LogP contribution in [0.3, 0.4) is 0 Å². The molecule has 1 aromatic rings. The van der Waals surface area contributed by atoms with Crippen molar-refractivity contribution >= 4 is 11.8 Å². The van der Waals surface area contributed by atoms with Gasteiger partial charge in [0, 0.05) is 18.4 Å². The molecule has 0 aliphatic carbocycles. The van der Waals surface area contributed by atoms with E-state index in [2.05, 4.69) is 29.5 Å². The second-order valence-corrected chi connectivity index (χ2v) is 3.60. The smallest absolute Gasteiger partial charge is 0.169 e. The number of imidazole rings is 1. The van der Waals surface area contributed by atoms with Gasteiger partial charge in [-0.25, -0.2) is 4.98 Å². The van der Waals surface area contributed by atoms with Crippen LogP contribution in [-0.4, -0.2) is 15.3 Å². The summed E-state index contributed by atoms with van der Waals surface area (Å²) < 4.78 is 2.06. The summed E-state index contributed by atoms with van der Waals surface area (Å²) in [5, 5.41) is 9.31. The molecule has 0 unspecified atom stereocenters. The summed E-state index contributed by atoms with van der Waals surface area (Å²) in [6.45, 7) is 4.19. The highest BCUT2D eigenvalue weighted by molar-refractivity contribution is 7.99. The highest BCUT2D eigenvalue weighted by atomic mass is 32.2. The first-order chi connectivity index (χ1) is 5.75. The predicted octanol–water partition coefficient (Wildman–Crippen LogP) is 2.08. The minimum Gasteiger partial charge on any atom is -0.324 e. The maximum Gasteiger partial charge on any atom is 0.169 e. The molecule has 0 aliphatic rings. The summed E-state index contributed by atoms with van der Waals surface area (Å²) in [7, 11) is 0. The van der Waals surface area contributed by atoms with Crippen molar-refractivity contribution in [3.05, 3.63) is 12.4 Å². The first kappa shape index (κ1) is 9.14. The Kier molecular flexibility index (Phi) is 3.18. The average Bonchev–Trinajstić information content (AvgIpc) is 2.48. The zero-order chi connectivity index (χ0) is 8.97. The normalized spacial score (nSPS) is 10.2. The Labute approximate surface area is 76.4 Å². The maximum absolute atomic E-state index is 8.39. The Balaban J connectivity index is 2.72. The van der Waals surface area contributed by atoms with Crippen LogP contribution in [-0.2, 0) is 0 Å². The fourth-order valence-electron chi connectivity index (χ4n) is 0.901. The Bertz CT molecular complexity index is 285. The topological polar surface area (TPSA) is 41.6 Å². The number of aromatic nitrogens is 2. The third kappa shape index (κ3) is 2.02. The van der Waals surface area contributed by atoms with Gasteiger partial charge in [0.05, 0.1) is 11.8 Å². The summed E-state index contributed by atoms with van der Waals surface area (Å²) in [4.78, 5) is 4.15. The van der Waals surface area contributed by atoms with Gasteiger partial charge in [-0.3, -0.25) is 0 Å². The van der Waals surface area contributed by atoms with Crippen molar-refractivity contribution in [2.45, 2.75) is 25.0 Å². The molecule has 1 rings (SSSR count). The molecule has 0 atom stereocenters. The second-order valence-electron chi connectivity index (χ2n) is 2.66. The Morgan fingerprint density at radius 1 is 1.75 bits per heavy atom. The van der Waals surface area contributed by atoms with Gasteiger partial charge < -0.3 is 4.57 Å². The minimum atomic E-state index is 0.411. The number of hydrogen-bond donors (Lipinski definition) is 0. The van der Waals surface area contributed by atoms with E-state index in [1.807, 2.05) is 6.20 Å². The molecule has 64 valence electrons. The fraction of sp³-hybridized carbons (Fsp3) is 0.500. The summed E-state index contributed by atoms with van der Waals surface area (Å²) in [5.74, 6) is 0.462. The predicted molar refractivity (Wildman–Crippen MR) is 48.9 cm³/mol. The second kappa shape index (κ2) is 4.17. The number of nitriles is 1. The SMILES string of the molecule is CC(C)n1ccnc1SCC#N. The van der Waals surface area contributed by atoms with Crippen molar-refractivity contribution in [2.24, 2.45) is 0 Å². The molecule has 1 aromatic heterocycles. The average molecular weight is 181 g/mol. The minimum absolute atomic E-state index is 0.411. The van der Waals surface area contributed by atoms with Crippen molar-refractivity contribution in [3.8, 4) is 6.07 Å². The summed E-state index contributed by atoms with van der Waals surface area (Å²) >= 11 is 1.47. The quantitative estimate of drug-likeness (QED) is 0.670. The van der Waals surface area contributed by atoms with E-state index in [4.69, 9.17) is 5.26 Å². The van der Waals surface area contributed by atoms with Gasteiger partial charge in [-0.2, -0.15) is 5.26 Å². The molecule has 12 heavy (non-hydrogen) atoms. The Morgan fingerprint density at radius 3 is 3.08 bits per heavy atom. The molecule has 1 heterocycles. The van der Waals surface area contributed by atoms with Gasteiger partial charge in [-0.1, -0.05) is 11.8 Å². The molecule has 0 aromatic carbocycles. The molecule has 0 saturated heterocycles. The van der Waals surface area contributed by atoms with Crippen LogP contribution in [0.15, 0.2) is 17.6 Å². The van der Waals surface area contributed by atoms with Crippen molar-refractivity contribution in [1.29, 1.82) is 5.26 Å². The molecule has 3 nitrogen and oxygen atoms in total.